The van der Waals surface area contributed by atoms with Gasteiger partial charge in [0, 0.05) is 18.5 Å². The molecule has 3 N–H and O–H groups in total. The number of aromatic nitrogens is 3. The van der Waals surface area contributed by atoms with Crippen molar-refractivity contribution >= 4 is 23.1 Å². The molecule has 0 aliphatic carbocycles. The van der Waals surface area contributed by atoms with Crippen LogP contribution in [0.3, 0.4) is 0 Å². The SMILES string of the molecule is CN(Cc1cscn1)c1cc(C(F)(F)F)nc(NN)n1. The van der Waals surface area contributed by atoms with Gasteiger partial charge in [0.05, 0.1) is 17.7 Å². The quantitative estimate of drug-likeness (QED) is 0.663. The van der Waals surface area contributed by atoms with E-state index in [0.29, 0.717) is 6.54 Å². The zero-order chi connectivity index (χ0) is 14.8. The highest BCUT2D eigenvalue weighted by atomic mass is 32.1. The first-order valence-electron chi connectivity index (χ1n) is 5.41. The largest absolute Gasteiger partial charge is 0.433 e. The number of anilines is 2. The molecule has 2 aromatic rings. The highest BCUT2D eigenvalue weighted by Gasteiger charge is 2.34. The van der Waals surface area contributed by atoms with Crippen LogP contribution in [0.25, 0.3) is 0 Å². The minimum absolute atomic E-state index is 0.105. The summed E-state index contributed by atoms with van der Waals surface area (Å²) in [6.45, 7) is 0.335. The number of nitrogen functional groups attached to an aromatic ring is 1. The maximum Gasteiger partial charge on any atom is 0.433 e. The first-order valence-corrected chi connectivity index (χ1v) is 6.35. The van der Waals surface area contributed by atoms with Crippen molar-refractivity contribution in [1.29, 1.82) is 0 Å². The molecule has 0 saturated heterocycles. The number of thiazole rings is 1. The van der Waals surface area contributed by atoms with Crippen molar-refractivity contribution in [3.63, 3.8) is 0 Å². The van der Waals surface area contributed by atoms with Crippen molar-refractivity contribution in [2.75, 3.05) is 17.4 Å². The average molecular weight is 304 g/mol. The highest BCUT2D eigenvalue weighted by Crippen LogP contribution is 2.30. The lowest BCUT2D eigenvalue weighted by Crippen LogP contribution is -2.22. The van der Waals surface area contributed by atoms with Crippen molar-refractivity contribution in [1.82, 2.24) is 15.0 Å². The van der Waals surface area contributed by atoms with Gasteiger partial charge >= 0.3 is 6.18 Å². The van der Waals surface area contributed by atoms with Crippen molar-refractivity contribution in [2.24, 2.45) is 5.84 Å². The molecule has 0 aromatic carbocycles. The molecule has 0 aliphatic rings. The zero-order valence-electron chi connectivity index (χ0n) is 10.3. The number of hydrogen-bond donors (Lipinski definition) is 2. The van der Waals surface area contributed by atoms with Gasteiger partial charge < -0.3 is 4.90 Å². The van der Waals surface area contributed by atoms with Crippen LogP contribution in [0, 0.1) is 0 Å². The van der Waals surface area contributed by atoms with Crippen molar-refractivity contribution < 1.29 is 13.2 Å². The third-order valence-electron chi connectivity index (χ3n) is 2.41. The van der Waals surface area contributed by atoms with Gasteiger partial charge in [-0.1, -0.05) is 0 Å². The molecule has 0 atom stereocenters. The lowest BCUT2D eigenvalue weighted by molar-refractivity contribution is -0.141. The van der Waals surface area contributed by atoms with E-state index in [1.54, 1.807) is 12.6 Å². The Morgan fingerprint density at radius 3 is 2.70 bits per heavy atom. The lowest BCUT2D eigenvalue weighted by Gasteiger charge is -2.19. The Kier molecular flexibility index (Phi) is 4.04. The molecule has 0 aliphatic heterocycles. The third-order valence-corrected chi connectivity index (χ3v) is 3.04. The van der Waals surface area contributed by atoms with Crippen LogP contribution in [0.4, 0.5) is 24.9 Å². The molecule has 0 unspecified atom stereocenters. The van der Waals surface area contributed by atoms with Gasteiger partial charge in [-0.05, 0) is 0 Å². The van der Waals surface area contributed by atoms with Crippen LogP contribution in [0.1, 0.15) is 11.4 Å². The molecule has 108 valence electrons. The summed E-state index contributed by atoms with van der Waals surface area (Å²) in [5.74, 6) is 4.91. The molecule has 10 heteroatoms. The second kappa shape index (κ2) is 5.59. The number of hydrogen-bond acceptors (Lipinski definition) is 7. The maximum absolute atomic E-state index is 12.7. The predicted molar refractivity (Wildman–Crippen MR) is 69.1 cm³/mol. The van der Waals surface area contributed by atoms with Crippen LogP contribution in [0.5, 0.6) is 0 Å². The first kappa shape index (κ1) is 14.5. The number of alkyl halides is 3. The molecule has 6 nitrogen and oxygen atoms in total. The van der Waals surface area contributed by atoms with E-state index in [4.69, 9.17) is 5.84 Å². The van der Waals surface area contributed by atoms with E-state index in [-0.39, 0.29) is 11.8 Å². The molecule has 0 bridgehead atoms. The zero-order valence-corrected chi connectivity index (χ0v) is 11.2. The fourth-order valence-corrected chi connectivity index (χ4v) is 2.03. The summed E-state index contributed by atoms with van der Waals surface area (Å²) >= 11 is 1.41. The van der Waals surface area contributed by atoms with E-state index in [9.17, 15) is 13.2 Å². The fourth-order valence-electron chi connectivity index (χ4n) is 1.48. The van der Waals surface area contributed by atoms with Gasteiger partial charge in [-0.15, -0.1) is 11.3 Å². The fraction of sp³-hybridized carbons (Fsp3) is 0.300. The Morgan fingerprint density at radius 2 is 2.15 bits per heavy atom. The van der Waals surface area contributed by atoms with Gasteiger partial charge in [-0.3, -0.25) is 5.43 Å². The molecule has 0 saturated carbocycles. The van der Waals surface area contributed by atoms with Crippen molar-refractivity contribution in [2.45, 2.75) is 12.7 Å². The summed E-state index contributed by atoms with van der Waals surface area (Å²) in [5, 5.41) is 1.81. The first-order chi connectivity index (χ1) is 9.40. The molecular weight excluding hydrogens is 293 g/mol. The summed E-state index contributed by atoms with van der Waals surface area (Å²) in [7, 11) is 1.61. The number of nitrogens with zero attached hydrogens (tertiary/aromatic N) is 4. The van der Waals surface area contributed by atoms with Gasteiger partial charge in [-0.25, -0.2) is 15.8 Å². The summed E-state index contributed by atoms with van der Waals surface area (Å²) in [4.78, 5) is 12.8. The Balaban J connectivity index is 2.30. The lowest BCUT2D eigenvalue weighted by atomic mass is 10.3. The molecule has 20 heavy (non-hydrogen) atoms. The van der Waals surface area contributed by atoms with Gasteiger partial charge in [0.15, 0.2) is 5.69 Å². The predicted octanol–water partition coefficient (Wildman–Crippen LogP) is 1.87. The van der Waals surface area contributed by atoms with Crippen LogP contribution in [0.15, 0.2) is 17.0 Å². The topological polar surface area (TPSA) is 80.0 Å². The molecular formula is C10H11F3N6S. The molecule has 2 rings (SSSR count). The van der Waals surface area contributed by atoms with Crippen molar-refractivity contribution in [3.05, 3.63) is 28.3 Å². The van der Waals surface area contributed by atoms with E-state index in [2.05, 4.69) is 15.0 Å². The van der Waals surface area contributed by atoms with E-state index in [1.165, 1.54) is 16.2 Å². The minimum atomic E-state index is -4.56. The Labute approximate surface area is 116 Å². The summed E-state index contributed by atoms with van der Waals surface area (Å²) in [6, 6.07) is 0.868. The Morgan fingerprint density at radius 1 is 1.40 bits per heavy atom. The Bertz CT molecular complexity index is 571. The number of nitrogens with one attached hydrogen (secondary N) is 1. The number of nitrogens with two attached hydrogens (primary N) is 1. The van der Waals surface area contributed by atoms with Gasteiger partial charge in [0.1, 0.15) is 5.82 Å². The van der Waals surface area contributed by atoms with Crippen molar-refractivity contribution in [3.8, 4) is 0 Å². The van der Waals surface area contributed by atoms with Crippen LogP contribution in [0.2, 0.25) is 0 Å². The summed E-state index contributed by atoms with van der Waals surface area (Å²) in [5.41, 5.74) is 3.37. The summed E-state index contributed by atoms with van der Waals surface area (Å²) < 4.78 is 38.2. The minimum Gasteiger partial charge on any atom is -0.354 e. The average Bonchev–Trinajstić information content (AvgIpc) is 2.90. The second-order valence-corrected chi connectivity index (χ2v) is 4.63. The molecule has 0 fully saturated rings. The molecule has 0 amide bonds. The standard InChI is InChI=1S/C10H11F3N6S/c1-19(3-6-4-20-5-15-6)8-2-7(10(11,12)13)16-9(17-8)18-14/h2,4-5H,3,14H2,1H3,(H,16,17,18). The van der Waals surface area contributed by atoms with Crippen LogP contribution >= 0.6 is 11.3 Å². The van der Waals surface area contributed by atoms with Gasteiger partial charge in [-0.2, -0.15) is 18.2 Å². The van der Waals surface area contributed by atoms with Crippen LogP contribution in [-0.2, 0) is 12.7 Å². The molecule has 0 spiro atoms. The molecule has 2 heterocycles. The van der Waals surface area contributed by atoms with E-state index < -0.39 is 11.9 Å². The normalized spacial score (nSPS) is 11.4. The second-order valence-electron chi connectivity index (χ2n) is 3.91. The Hall–Kier alpha value is -1.94. The number of rotatable bonds is 4. The number of halogens is 3. The van der Waals surface area contributed by atoms with Crippen LogP contribution < -0.4 is 16.2 Å². The van der Waals surface area contributed by atoms with E-state index in [0.717, 1.165) is 11.8 Å². The maximum atomic E-state index is 12.7. The van der Waals surface area contributed by atoms with Gasteiger partial charge in [0.2, 0.25) is 5.95 Å². The number of hydrazine groups is 1. The monoisotopic (exact) mass is 304 g/mol. The van der Waals surface area contributed by atoms with E-state index in [1.807, 2.05) is 10.8 Å². The summed E-state index contributed by atoms with van der Waals surface area (Å²) in [6.07, 6.45) is -4.56. The molecule has 0 radical (unpaired) electrons. The van der Waals surface area contributed by atoms with Gasteiger partial charge in [0.25, 0.3) is 0 Å². The van der Waals surface area contributed by atoms with Crippen LogP contribution in [-0.4, -0.2) is 22.0 Å². The third kappa shape index (κ3) is 3.33. The smallest absolute Gasteiger partial charge is 0.354 e. The highest BCUT2D eigenvalue weighted by molar-refractivity contribution is 7.07. The van der Waals surface area contributed by atoms with E-state index >= 15 is 0 Å². The molecule has 2 aromatic heterocycles.